The van der Waals surface area contributed by atoms with Crippen molar-refractivity contribution in [1.29, 1.82) is 0 Å². The number of halogens is 1. The summed E-state index contributed by atoms with van der Waals surface area (Å²) in [6.45, 7) is 1.69. The summed E-state index contributed by atoms with van der Waals surface area (Å²) in [5.41, 5.74) is 0.198. The van der Waals surface area contributed by atoms with E-state index >= 15 is 0 Å². The third-order valence-electron chi connectivity index (χ3n) is 3.95. The van der Waals surface area contributed by atoms with Crippen molar-refractivity contribution in [3.8, 4) is 0 Å². The Morgan fingerprint density at radius 2 is 1.88 bits per heavy atom. The van der Waals surface area contributed by atoms with Gasteiger partial charge < -0.3 is 9.55 Å². The number of rotatable bonds is 5. The topological polar surface area (TPSA) is 101 Å². The maximum absolute atomic E-state index is 12.4. The van der Waals surface area contributed by atoms with Crippen molar-refractivity contribution in [2.45, 2.75) is 18.4 Å². The Kier molecular flexibility index (Phi) is 4.99. The van der Waals surface area contributed by atoms with E-state index in [1.165, 1.54) is 22.8 Å². The lowest BCUT2D eigenvalue weighted by Crippen LogP contribution is -2.39. The van der Waals surface area contributed by atoms with Gasteiger partial charge in [0, 0.05) is 18.1 Å². The first-order valence-electron chi connectivity index (χ1n) is 7.77. The number of benzene rings is 2. The summed E-state index contributed by atoms with van der Waals surface area (Å²) in [6.07, 6.45) is 0. The van der Waals surface area contributed by atoms with Crippen LogP contribution in [0.25, 0.3) is 11.0 Å². The quantitative estimate of drug-likeness (QED) is 0.643. The van der Waals surface area contributed by atoms with Crippen LogP contribution in [0.4, 0.5) is 0 Å². The third-order valence-corrected chi connectivity index (χ3v) is 5.83. The number of hydrogen-bond donors (Lipinski definition) is 2. The lowest BCUT2D eigenvalue weighted by Gasteiger charge is -2.11. The largest absolute Gasteiger partial charge is 0.316 e. The molecule has 1 heterocycles. The van der Waals surface area contributed by atoms with E-state index in [4.69, 9.17) is 11.6 Å². The number of nitrogens with one attached hydrogen (secondary N) is 2. The molecule has 7 nitrogen and oxygen atoms in total. The van der Waals surface area contributed by atoms with E-state index in [0.29, 0.717) is 21.6 Å². The van der Waals surface area contributed by atoms with E-state index in [1.54, 1.807) is 31.2 Å². The van der Waals surface area contributed by atoms with Gasteiger partial charge in [-0.05, 0) is 42.8 Å². The minimum atomic E-state index is -3.76. The Morgan fingerprint density at radius 3 is 2.62 bits per heavy atom. The Labute approximate surface area is 154 Å². The fourth-order valence-electron chi connectivity index (χ4n) is 2.60. The molecule has 0 atom stereocenters. The van der Waals surface area contributed by atoms with Crippen molar-refractivity contribution in [3.05, 3.63) is 73.8 Å². The first kappa shape index (κ1) is 18.4. The summed E-state index contributed by atoms with van der Waals surface area (Å²) in [6, 6.07) is 11.2. The zero-order chi connectivity index (χ0) is 18.9. The van der Waals surface area contributed by atoms with E-state index in [0.717, 1.165) is 0 Å². The van der Waals surface area contributed by atoms with Gasteiger partial charge in [0.2, 0.25) is 10.0 Å². The van der Waals surface area contributed by atoms with Crippen molar-refractivity contribution < 1.29 is 8.42 Å². The first-order valence-corrected chi connectivity index (χ1v) is 9.63. The van der Waals surface area contributed by atoms with Crippen LogP contribution >= 0.6 is 11.6 Å². The molecule has 2 aromatic carbocycles. The van der Waals surface area contributed by atoms with Crippen LogP contribution in [0.15, 0.2) is 56.9 Å². The van der Waals surface area contributed by atoms with E-state index in [1.807, 2.05) is 0 Å². The molecule has 3 aromatic rings. The van der Waals surface area contributed by atoms with Gasteiger partial charge in [0.15, 0.2) is 0 Å². The van der Waals surface area contributed by atoms with Crippen molar-refractivity contribution >= 4 is 32.7 Å². The van der Waals surface area contributed by atoms with Gasteiger partial charge in [0.1, 0.15) is 0 Å². The molecule has 0 fully saturated rings. The van der Waals surface area contributed by atoms with E-state index < -0.39 is 21.1 Å². The number of aryl methyl sites for hydroxylation is 1. The molecular formula is C17H16ClN3O4S. The zero-order valence-electron chi connectivity index (χ0n) is 13.8. The summed E-state index contributed by atoms with van der Waals surface area (Å²) < 4.78 is 28.5. The molecule has 0 unspecified atom stereocenters. The molecular weight excluding hydrogens is 378 g/mol. The number of aromatic amines is 1. The van der Waals surface area contributed by atoms with Crippen LogP contribution in [0, 0.1) is 6.92 Å². The van der Waals surface area contributed by atoms with Crippen LogP contribution in [0.1, 0.15) is 5.56 Å². The van der Waals surface area contributed by atoms with Gasteiger partial charge >= 0.3 is 11.1 Å². The highest BCUT2D eigenvalue weighted by atomic mass is 35.5. The van der Waals surface area contributed by atoms with Gasteiger partial charge in [0.05, 0.1) is 15.9 Å². The van der Waals surface area contributed by atoms with Gasteiger partial charge in [-0.15, -0.1) is 0 Å². The normalized spacial score (nSPS) is 11.8. The van der Waals surface area contributed by atoms with Gasteiger partial charge in [-0.3, -0.25) is 9.59 Å². The third kappa shape index (κ3) is 3.57. The average Bonchev–Trinajstić information content (AvgIpc) is 2.60. The highest BCUT2D eigenvalue weighted by molar-refractivity contribution is 7.89. The van der Waals surface area contributed by atoms with Crippen LogP contribution in [0.5, 0.6) is 0 Å². The molecule has 0 saturated carbocycles. The van der Waals surface area contributed by atoms with Gasteiger partial charge in [-0.2, -0.15) is 0 Å². The van der Waals surface area contributed by atoms with Gasteiger partial charge in [0.25, 0.3) is 0 Å². The number of hydrogen-bond acceptors (Lipinski definition) is 4. The molecule has 0 aliphatic heterocycles. The molecule has 0 spiro atoms. The fraction of sp³-hybridized carbons (Fsp3) is 0.176. The maximum Gasteiger partial charge on any atom is 0.316 e. The van der Waals surface area contributed by atoms with Crippen molar-refractivity contribution in [2.75, 3.05) is 6.54 Å². The predicted molar refractivity (Wildman–Crippen MR) is 100 cm³/mol. The molecule has 0 aliphatic rings. The lowest BCUT2D eigenvalue weighted by atomic mass is 10.2. The summed E-state index contributed by atoms with van der Waals surface area (Å²) in [4.78, 5) is 26.5. The smallest absolute Gasteiger partial charge is 0.316 e. The molecule has 2 N–H and O–H groups in total. The second-order valence-electron chi connectivity index (χ2n) is 5.74. The molecule has 0 amide bonds. The highest BCUT2D eigenvalue weighted by Crippen LogP contribution is 2.19. The van der Waals surface area contributed by atoms with Crippen LogP contribution in [0.2, 0.25) is 5.02 Å². The Balaban J connectivity index is 1.85. The Morgan fingerprint density at radius 1 is 1.15 bits per heavy atom. The average molecular weight is 394 g/mol. The van der Waals surface area contributed by atoms with Gasteiger partial charge in [-0.25, -0.2) is 13.1 Å². The standard InChI is InChI=1S/C17H16ClN3O4S/c1-11-10-12(6-7-13(11)18)26(24,25)19-8-9-21-15-5-3-2-4-14(15)20-16(22)17(21)23/h2-7,10,19H,8-9H2,1H3,(H,20,22). The summed E-state index contributed by atoms with van der Waals surface area (Å²) in [5.74, 6) is 0. The number of sulfonamides is 1. The summed E-state index contributed by atoms with van der Waals surface area (Å²) >= 11 is 5.92. The molecule has 0 radical (unpaired) electrons. The van der Waals surface area contributed by atoms with Crippen molar-refractivity contribution in [2.24, 2.45) is 0 Å². The van der Waals surface area contributed by atoms with Crippen LogP contribution in [-0.4, -0.2) is 24.5 Å². The number of aromatic nitrogens is 2. The Hall–Kier alpha value is -2.42. The second-order valence-corrected chi connectivity index (χ2v) is 7.91. The van der Waals surface area contributed by atoms with Crippen molar-refractivity contribution in [3.63, 3.8) is 0 Å². The second kappa shape index (κ2) is 7.06. The SMILES string of the molecule is Cc1cc(S(=O)(=O)NCCn2c(=O)c(=O)[nH]c3ccccc32)ccc1Cl. The lowest BCUT2D eigenvalue weighted by molar-refractivity contribution is 0.572. The van der Waals surface area contributed by atoms with Crippen molar-refractivity contribution in [1.82, 2.24) is 14.3 Å². The number of H-pyrrole nitrogens is 1. The molecule has 0 saturated heterocycles. The van der Waals surface area contributed by atoms with Crippen LogP contribution in [-0.2, 0) is 16.6 Å². The molecule has 26 heavy (non-hydrogen) atoms. The molecule has 0 bridgehead atoms. The molecule has 1 aromatic heterocycles. The zero-order valence-corrected chi connectivity index (χ0v) is 15.4. The van der Waals surface area contributed by atoms with E-state index in [9.17, 15) is 18.0 Å². The number of nitrogens with zero attached hydrogens (tertiary/aromatic N) is 1. The summed E-state index contributed by atoms with van der Waals surface area (Å²) in [7, 11) is -3.76. The molecule has 0 aliphatic carbocycles. The first-order chi connectivity index (χ1) is 12.3. The minimum absolute atomic E-state index is 0.0229. The molecule has 9 heteroatoms. The minimum Gasteiger partial charge on any atom is -0.316 e. The maximum atomic E-state index is 12.4. The molecule has 136 valence electrons. The summed E-state index contributed by atoms with van der Waals surface area (Å²) in [5, 5.41) is 0.477. The monoisotopic (exact) mass is 393 g/mol. The van der Waals surface area contributed by atoms with E-state index in [2.05, 4.69) is 9.71 Å². The van der Waals surface area contributed by atoms with Gasteiger partial charge in [-0.1, -0.05) is 23.7 Å². The number of para-hydroxylation sites is 2. The predicted octanol–water partition coefficient (Wildman–Crippen LogP) is 1.63. The molecule has 3 rings (SSSR count). The highest BCUT2D eigenvalue weighted by Gasteiger charge is 2.15. The van der Waals surface area contributed by atoms with Crippen LogP contribution in [0.3, 0.4) is 0 Å². The number of fused-ring (bicyclic) bond motifs is 1. The van der Waals surface area contributed by atoms with Crippen LogP contribution < -0.4 is 15.8 Å². The van der Waals surface area contributed by atoms with E-state index in [-0.39, 0.29) is 18.0 Å². The fourth-order valence-corrected chi connectivity index (χ4v) is 3.83. The Bertz CT molecular complexity index is 1200.